The average Bonchev–Trinajstić information content (AvgIpc) is 3.44. The topological polar surface area (TPSA) is 97.7 Å². The number of nitrogens with zero attached hydrogens (tertiary/aromatic N) is 3. The number of amides is 1. The molecule has 44 heavy (non-hydrogen) atoms. The van der Waals surface area contributed by atoms with Gasteiger partial charge in [0, 0.05) is 18.8 Å². The number of benzene rings is 2. The Morgan fingerprint density at radius 3 is 2.70 bits per heavy atom. The number of rotatable bonds is 11. The second-order valence-corrected chi connectivity index (χ2v) is 11.6. The van der Waals surface area contributed by atoms with E-state index in [9.17, 15) is 14.4 Å². The van der Waals surface area contributed by atoms with Gasteiger partial charge in [0.2, 0.25) is 5.91 Å². The van der Waals surface area contributed by atoms with Gasteiger partial charge in [0.05, 0.1) is 36.3 Å². The Morgan fingerprint density at radius 1 is 1.11 bits per heavy atom. The van der Waals surface area contributed by atoms with Crippen molar-refractivity contribution in [2.75, 3.05) is 26.3 Å². The van der Waals surface area contributed by atoms with Crippen molar-refractivity contribution in [3.05, 3.63) is 101 Å². The van der Waals surface area contributed by atoms with Gasteiger partial charge in [-0.1, -0.05) is 66.9 Å². The van der Waals surface area contributed by atoms with Gasteiger partial charge in [0.25, 0.3) is 0 Å². The van der Waals surface area contributed by atoms with E-state index < -0.39 is 12.0 Å². The largest absolute Gasteiger partial charge is 0.489 e. The first-order chi connectivity index (χ1) is 21.4. The van der Waals surface area contributed by atoms with Crippen LogP contribution < -0.4 is 4.74 Å². The number of aliphatic imine (C=N–C) groups is 1. The molecule has 10 heteroatoms. The highest BCUT2D eigenvalue weighted by Crippen LogP contribution is 2.45. The number of fused-ring (bicyclic) bond motifs is 1. The molecule has 3 aliphatic rings. The van der Waals surface area contributed by atoms with E-state index in [0.29, 0.717) is 54.9 Å². The lowest BCUT2D eigenvalue weighted by molar-refractivity contribution is -0.151. The van der Waals surface area contributed by atoms with Crippen LogP contribution in [0.15, 0.2) is 94.6 Å². The molecule has 1 fully saturated rings. The molecule has 0 radical (unpaired) electrons. The van der Waals surface area contributed by atoms with Gasteiger partial charge in [-0.3, -0.25) is 9.59 Å². The Hall–Kier alpha value is -4.31. The highest BCUT2D eigenvalue weighted by molar-refractivity contribution is 8.16. The molecule has 230 valence electrons. The van der Waals surface area contributed by atoms with Crippen molar-refractivity contribution in [2.24, 2.45) is 10.9 Å². The molecule has 5 rings (SSSR count). The summed E-state index contributed by atoms with van der Waals surface area (Å²) in [6, 6.07) is 16.9. The van der Waals surface area contributed by atoms with Crippen LogP contribution in [0.2, 0.25) is 0 Å². The van der Waals surface area contributed by atoms with E-state index in [4.69, 9.17) is 19.2 Å². The lowest BCUT2D eigenvalue weighted by atomic mass is 9.93. The third kappa shape index (κ3) is 7.07. The molecule has 2 unspecified atom stereocenters. The summed E-state index contributed by atoms with van der Waals surface area (Å²) in [5.74, 6) is -0.521. The predicted octanol–water partition coefficient (Wildman–Crippen LogP) is 5.76. The van der Waals surface area contributed by atoms with Crippen LogP contribution in [0.3, 0.4) is 0 Å². The van der Waals surface area contributed by atoms with Gasteiger partial charge in [-0.05, 0) is 55.4 Å². The van der Waals surface area contributed by atoms with Crippen LogP contribution in [0, 0.1) is 5.92 Å². The van der Waals surface area contributed by atoms with E-state index in [1.54, 1.807) is 18.7 Å². The maximum Gasteiger partial charge on any atom is 0.338 e. The average molecular weight is 616 g/mol. The Balaban J connectivity index is 1.42. The van der Waals surface area contributed by atoms with Gasteiger partial charge in [0.1, 0.15) is 19.0 Å². The Morgan fingerprint density at radius 2 is 1.93 bits per heavy atom. The van der Waals surface area contributed by atoms with Crippen LogP contribution in [0.5, 0.6) is 5.75 Å². The molecule has 0 bridgehead atoms. The number of hydrogen-bond donors (Lipinski definition) is 0. The Kier molecular flexibility index (Phi) is 10.2. The number of amidine groups is 1. The predicted molar refractivity (Wildman–Crippen MR) is 169 cm³/mol. The zero-order valence-electron chi connectivity index (χ0n) is 25.1. The fraction of sp³-hybridized carbons (Fsp3) is 0.353. The summed E-state index contributed by atoms with van der Waals surface area (Å²) in [6.07, 6.45) is 3.06. The minimum absolute atomic E-state index is 0.0612. The van der Waals surface area contributed by atoms with Gasteiger partial charge in [-0.2, -0.15) is 0 Å². The smallest absolute Gasteiger partial charge is 0.338 e. The van der Waals surface area contributed by atoms with Crippen LogP contribution in [-0.4, -0.2) is 59.1 Å². The second-order valence-electron chi connectivity index (χ2n) is 10.7. The molecule has 2 aromatic carbocycles. The molecule has 0 spiro atoms. The quantitative estimate of drug-likeness (QED) is 0.233. The molecule has 0 aromatic heterocycles. The number of carbonyl (C=O) groups is 3. The first-order valence-electron chi connectivity index (χ1n) is 14.8. The summed E-state index contributed by atoms with van der Waals surface area (Å²) >= 11 is 1.42. The Bertz CT molecular complexity index is 1500. The van der Waals surface area contributed by atoms with Crippen molar-refractivity contribution in [3.63, 3.8) is 0 Å². The maximum absolute atomic E-state index is 13.6. The van der Waals surface area contributed by atoms with Crippen LogP contribution in [0.1, 0.15) is 50.3 Å². The van der Waals surface area contributed by atoms with Crippen LogP contribution in [-0.2, 0) is 30.5 Å². The zero-order chi connectivity index (χ0) is 31.1. The fourth-order valence-corrected chi connectivity index (χ4v) is 6.56. The molecule has 1 saturated heterocycles. The number of carbonyl (C=O) groups excluding carboxylic acids is 3. The number of likely N-dealkylation sites (tertiary alicyclic amines) is 1. The van der Waals surface area contributed by atoms with Crippen molar-refractivity contribution in [2.45, 2.75) is 45.8 Å². The summed E-state index contributed by atoms with van der Waals surface area (Å²) in [5.41, 5.74) is 3.50. The van der Waals surface area contributed by atoms with Crippen molar-refractivity contribution >= 4 is 34.8 Å². The molecule has 3 heterocycles. The lowest BCUT2D eigenvalue weighted by Gasteiger charge is -2.37. The number of hydrogen-bond acceptors (Lipinski definition) is 9. The van der Waals surface area contributed by atoms with E-state index in [1.165, 1.54) is 17.8 Å². The molecule has 0 aliphatic carbocycles. The molecular formula is C34H37N3O6S. The lowest BCUT2D eigenvalue weighted by Crippen LogP contribution is -2.44. The first kappa shape index (κ1) is 31.1. The molecule has 2 atom stereocenters. The van der Waals surface area contributed by atoms with Gasteiger partial charge in [-0.15, -0.1) is 0 Å². The van der Waals surface area contributed by atoms with Crippen LogP contribution >= 0.6 is 11.8 Å². The van der Waals surface area contributed by atoms with Gasteiger partial charge >= 0.3 is 11.9 Å². The monoisotopic (exact) mass is 615 g/mol. The Labute approximate surface area is 262 Å². The zero-order valence-corrected chi connectivity index (χ0v) is 25.9. The van der Waals surface area contributed by atoms with Gasteiger partial charge in [-0.25, -0.2) is 9.79 Å². The molecule has 1 amide bonds. The van der Waals surface area contributed by atoms with E-state index in [1.807, 2.05) is 64.9 Å². The van der Waals surface area contributed by atoms with Crippen molar-refractivity contribution in [3.8, 4) is 5.75 Å². The first-order valence-corrected chi connectivity index (χ1v) is 15.7. The standard InChI is InChI=1S/C34H37N3O6S/c1-4-17-42-33(40)30-23(3)35-34-37(31(30)25-13-9-15-28(18-25)43-21-24-11-7-6-8-12-24)27(22-44-34)19-29(38)36-16-10-14-26(20-36)32(39)41-5-2/h4,6-9,11-13,15,18,22,26,31H,1,5,10,14,16-17,19-21H2,2-3H3. The summed E-state index contributed by atoms with van der Waals surface area (Å²) in [5, 5.41) is 2.59. The van der Waals surface area contributed by atoms with Crippen molar-refractivity contribution in [1.82, 2.24) is 9.80 Å². The van der Waals surface area contributed by atoms with Crippen LogP contribution in [0.25, 0.3) is 0 Å². The summed E-state index contributed by atoms with van der Waals surface area (Å²) in [4.78, 5) is 47.9. The summed E-state index contributed by atoms with van der Waals surface area (Å²) in [6.45, 7) is 8.93. The third-order valence-corrected chi connectivity index (χ3v) is 8.59. The van der Waals surface area contributed by atoms with E-state index >= 15 is 0 Å². The van der Waals surface area contributed by atoms with Crippen molar-refractivity contribution in [1.29, 1.82) is 0 Å². The van der Waals surface area contributed by atoms with Crippen LogP contribution in [0.4, 0.5) is 0 Å². The summed E-state index contributed by atoms with van der Waals surface area (Å²) < 4.78 is 16.9. The van der Waals surface area contributed by atoms with Crippen molar-refractivity contribution < 1.29 is 28.6 Å². The molecule has 0 N–H and O–H groups in total. The van der Waals surface area contributed by atoms with Gasteiger partial charge < -0.3 is 24.0 Å². The summed E-state index contributed by atoms with van der Waals surface area (Å²) in [7, 11) is 0. The SMILES string of the molecule is C=CCOC(=O)C1=C(C)N=C2SC=C(CC(=O)N3CCCC(C(=O)OCC)C3)N2C1c1cccc(OCc2ccccc2)c1. The number of piperidine rings is 1. The molecule has 9 nitrogen and oxygen atoms in total. The minimum Gasteiger partial charge on any atom is -0.489 e. The van der Waals surface area contributed by atoms with E-state index in [0.717, 1.165) is 23.2 Å². The highest BCUT2D eigenvalue weighted by Gasteiger charge is 2.42. The molecule has 3 aliphatic heterocycles. The minimum atomic E-state index is -0.595. The molecular weight excluding hydrogens is 578 g/mol. The van der Waals surface area contributed by atoms with E-state index in [-0.39, 0.29) is 30.8 Å². The molecule has 2 aromatic rings. The third-order valence-electron chi connectivity index (χ3n) is 7.70. The second kappa shape index (κ2) is 14.4. The number of thioether (sulfide) groups is 1. The highest BCUT2D eigenvalue weighted by atomic mass is 32.2. The maximum atomic E-state index is 13.6. The van der Waals surface area contributed by atoms with Gasteiger partial charge in [0.15, 0.2) is 5.17 Å². The number of ether oxygens (including phenoxy) is 3. The normalized spacial score (nSPS) is 19.5. The molecule has 0 saturated carbocycles. The van der Waals surface area contributed by atoms with E-state index in [2.05, 4.69) is 6.58 Å². The number of esters is 2. The number of allylic oxidation sites excluding steroid dienone is 1. The fourth-order valence-electron chi connectivity index (χ4n) is 5.60.